The van der Waals surface area contributed by atoms with Crippen LogP contribution in [0.3, 0.4) is 0 Å². The number of hydrogen-bond acceptors (Lipinski definition) is 6. The number of allylic oxidation sites excluding steroid dienone is 1. The first-order chi connectivity index (χ1) is 18.7. The number of aliphatic hydroxyl groups is 1. The second-order valence-corrected chi connectivity index (χ2v) is 14.0. The Morgan fingerprint density at radius 1 is 1.10 bits per heavy atom. The highest BCUT2D eigenvalue weighted by molar-refractivity contribution is 5.76. The Hall–Kier alpha value is -2.15. The molecule has 7 heteroatoms. The Bertz CT molecular complexity index is 1100. The topological polar surface area (TPSA) is 89.8 Å². The lowest BCUT2D eigenvalue weighted by Gasteiger charge is -2.58. The van der Waals surface area contributed by atoms with Gasteiger partial charge in [-0.05, 0) is 98.2 Å². The Morgan fingerprint density at radius 3 is 2.67 bits per heavy atom. The van der Waals surface area contributed by atoms with Gasteiger partial charge in [0.05, 0.1) is 12.3 Å². The van der Waals surface area contributed by atoms with Gasteiger partial charge in [0.2, 0.25) is 5.91 Å². The molecule has 1 aliphatic heterocycles. The van der Waals surface area contributed by atoms with E-state index < -0.39 is 0 Å². The minimum atomic E-state index is -0.134. The lowest BCUT2D eigenvalue weighted by Crippen LogP contribution is -2.51. The average Bonchev–Trinajstić information content (AvgIpc) is 3.29. The van der Waals surface area contributed by atoms with Gasteiger partial charge in [0.25, 0.3) is 0 Å². The van der Waals surface area contributed by atoms with Gasteiger partial charge in [-0.1, -0.05) is 32.4 Å². The molecule has 1 unspecified atom stereocenters. The van der Waals surface area contributed by atoms with Crippen LogP contribution in [0, 0.1) is 40.4 Å². The smallest absolute Gasteiger partial charge is 0.222 e. The molecule has 4 aliphatic carbocycles. The van der Waals surface area contributed by atoms with Crippen molar-refractivity contribution in [2.75, 3.05) is 31.1 Å². The van der Waals surface area contributed by atoms with Gasteiger partial charge in [-0.15, -0.1) is 0 Å². The summed E-state index contributed by atoms with van der Waals surface area (Å²) in [5.41, 5.74) is 2.25. The van der Waals surface area contributed by atoms with Crippen LogP contribution < -0.4 is 4.90 Å². The number of piperazine rings is 1. The highest BCUT2D eigenvalue weighted by atomic mass is 16.3. The molecule has 8 atom stereocenters. The van der Waals surface area contributed by atoms with Crippen LogP contribution in [0.4, 0.5) is 5.82 Å². The fraction of sp³-hybridized carbons (Fsp3) is 0.781. The number of nitrogens with zero attached hydrogens (tertiary/aromatic N) is 4. The molecule has 5 aliphatic rings. The molecule has 1 saturated heterocycles. The fourth-order valence-electron chi connectivity index (χ4n) is 10.1. The van der Waals surface area contributed by atoms with Crippen LogP contribution in [0.1, 0.15) is 85.0 Å². The second kappa shape index (κ2) is 10.4. The third-order valence-corrected chi connectivity index (χ3v) is 12.3. The summed E-state index contributed by atoms with van der Waals surface area (Å²) < 4.78 is 0. The lowest BCUT2D eigenvalue weighted by atomic mass is 9.47. The molecule has 0 spiro atoms. The van der Waals surface area contributed by atoms with Crippen LogP contribution in [-0.2, 0) is 4.79 Å². The van der Waals surface area contributed by atoms with Crippen LogP contribution >= 0.6 is 0 Å². The lowest BCUT2D eigenvalue weighted by molar-refractivity contribution is -0.132. The number of amides is 1. The van der Waals surface area contributed by atoms with E-state index in [1.807, 2.05) is 9.80 Å². The van der Waals surface area contributed by atoms with Gasteiger partial charge in [0.15, 0.2) is 11.6 Å². The second-order valence-electron chi connectivity index (χ2n) is 14.0. The number of rotatable bonds is 5. The monoisotopic (exact) mass is 536 g/mol. The van der Waals surface area contributed by atoms with E-state index in [4.69, 9.17) is 0 Å². The van der Waals surface area contributed by atoms with Crippen molar-refractivity contribution < 1.29 is 15.0 Å². The molecular formula is C32H48N4O3. The molecule has 2 N–H and O–H groups in total. The van der Waals surface area contributed by atoms with Gasteiger partial charge in [0, 0.05) is 32.6 Å². The van der Waals surface area contributed by atoms with Crippen LogP contribution in [0.2, 0.25) is 0 Å². The number of fused-ring (bicyclic) bond motifs is 5. The number of aliphatic hydroxyl groups excluding tert-OH is 1. The van der Waals surface area contributed by atoms with E-state index in [0.29, 0.717) is 61.1 Å². The molecule has 2 heterocycles. The van der Waals surface area contributed by atoms with E-state index in [1.165, 1.54) is 44.6 Å². The molecule has 0 bridgehead atoms. The summed E-state index contributed by atoms with van der Waals surface area (Å²) in [6.07, 6.45) is 16.4. The van der Waals surface area contributed by atoms with Crippen molar-refractivity contribution in [2.24, 2.45) is 40.4 Å². The third-order valence-electron chi connectivity index (χ3n) is 12.3. The molecule has 4 fully saturated rings. The van der Waals surface area contributed by atoms with Crippen LogP contribution in [0.15, 0.2) is 24.2 Å². The van der Waals surface area contributed by atoms with Crippen molar-refractivity contribution in [2.45, 2.75) is 91.1 Å². The summed E-state index contributed by atoms with van der Waals surface area (Å²) in [5, 5.41) is 20.4. The predicted molar refractivity (Wildman–Crippen MR) is 152 cm³/mol. The minimum Gasteiger partial charge on any atom is -0.503 e. The van der Waals surface area contributed by atoms with Crippen molar-refractivity contribution >= 4 is 11.7 Å². The van der Waals surface area contributed by atoms with Gasteiger partial charge >= 0.3 is 0 Å². The van der Waals surface area contributed by atoms with E-state index in [-0.39, 0.29) is 17.8 Å². The standard InChI is InChI=1S/C32H48N4O3/c1-21(4-9-29(39)35-14-16-36(17-15-35)30-28(38)19-33-20-34-30)25-7-8-26-24-6-5-22-18-23(37)10-12-31(22,2)27(24)11-13-32(25,26)3/h5,19-21,23-27,37-38H,4,6-18H2,1-3H3/t21?,23-,24-,25+,26-,27-,31-,32+/m0/s1. The maximum Gasteiger partial charge on any atom is 0.222 e. The molecule has 1 aromatic rings. The Labute approximate surface area is 234 Å². The SMILES string of the molecule is CC(CCC(=O)N1CCN(c2ncncc2O)CC1)[C@H]1CC[C@H]2[C@@H]3CC=C4C[C@@H](O)CC[C@]4(C)[C@H]3CC[C@]12C. The highest BCUT2D eigenvalue weighted by Gasteiger charge is 2.59. The largest absolute Gasteiger partial charge is 0.503 e. The van der Waals surface area contributed by atoms with Crippen molar-refractivity contribution in [1.82, 2.24) is 14.9 Å². The summed E-state index contributed by atoms with van der Waals surface area (Å²) in [5.74, 6) is 4.57. The van der Waals surface area contributed by atoms with Crippen LogP contribution in [0.25, 0.3) is 0 Å². The van der Waals surface area contributed by atoms with Crippen molar-refractivity contribution in [3.05, 3.63) is 24.2 Å². The summed E-state index contributed by atoms with van der Waals surface area (Å²) in [7, 11) is 0. The molecule has 1 amide bonds. The first kappa shape index (κ1) is 27.0. The molecule has 3 saturated carbocycles. The van der Waals surface area contributed by atoms with Crippen molar-refractivity contribution in [3.8, 4) is 5.75 Å². The molecule has 7 nitrogen and oxygen atoms in total. The Morgan fingerprint density at radius 2 is 1.90 bits per heavy atom. The van der Waals surface area contributed by atoms with E-state index >= 15 is 0 Å². The summed E-state index contributed by atoms with van der Waals surface area (Å²) >= 11 is 0. The van der Waals surface area contributed by atoms with E-state index in [0.717, 1.165) is 43.4 Å². The van der Waals surface area contributed by atoms with Gasteiger partial charge in [-0.3, -0.25) is 4.79 Å². The molecule has 0 radical (unpaired) electrons. The molecular weight excluding hydrogens is 488 g/mol. The van der Waals surface area contributed by atoms with Gasteiger partial charge in [-0.25, -0.2) is 9.97 Å². The molecule has 1 aromatic heterocycles. The predicted octanol–water partition coefficient (Wildman–Crippen LogP) is 5.19. The number of hydrogen-bond donors (Lipinski definition) is 2. The third kappa shape index (κ3) is 4.66. The van der Waals surface area contributed by atoms with Gasteiger partial charge in [0.1, 0.15) is 6.33 Å². The Balaban J connectivity index is 1.04. The first-order valence-corrected chi connectivity index (χ1v) is 15.6. The maximum atomic E-state index is 13.2. The zero-order valence-corrected chi connectivity index (χ0v) is 24.2. The quantitative estimate of drug-likeness (QED) is 0.504. The number of anilines is 1. The minimum absolute atomic E-state index is 0.0971. The van der Waals surface area contributed by atoms with Gasteiger partial charge < -0.3 is 20.0 Å². The highest BCUT2D eigenvalue weighted by Crippen LogP contribution is 2.67. The Kier molecular flexibility index (Phi) is 7.18. The van der Waals surface area contributed by atoms with E-state index in [9.17, 15) is 15.0 Å². The normalized spacial score (nSPS) is 38.9. The summed E-state index contributed by atoms with van der Waals surface area (Å²) in [4.78, 5) is 25.3. The number of aromatic nitrogens is 2. The van der Waals surface area contributed by atoms with E-state index in [2.05, 4.69) is 36.8 Å². The van der Waals surface area contributed by atoms with Gasteiger partial charge in [-0.2, -0.15) is 0 Å². The molecule has 39 heavy (non-hydrogen) atoms. The van der Waals surface area contributed by atoms with Crippen molar-refractivity contribution in [3.63, 3.8) is 0 Å². The molecule has 214 valence electrons. The maximum absolute atomic E-state index is 13.2. The zero-order chi connectivity index (χ0) is 27.4. The zero-order valence-electron chi connectivity index (χ0n) is 24.2. The van der Waals surface area contributed by atoms with E-state index in [1.54, 1.807) is 5.57 Å². The van der Waals surface area contributed by atoms with Crippen LogP contribution in [0.5, 0.6) is 5.75 Å². The average molecular weight is 537 g/mol. The number of carbonyl (C=O) groups is 1. The number of carbonyl (C=O) groups excluding carboxylic acids is 1. The summed E-state index contributed by atoms with van der Waals surface area (Å²) in [6, 6.07) is 0. The molecule has 0 aromatic carbocycles. The molecule has 6 rings (SSSR count). The van der Waals surface area contributed by atoms with Crippen molar-refractivity contribution in [1.29, 1.82) is 0 Å². The fourth-order valence-corrected chi connectivity index (χ4v) is 10.1. The summed E-state index contributed by atoms with van der Waals surface area (Å²) in [6.45, 7) is 10.2. The number of aromatic hydroxyl groups is 1. The van der Waals surface area contributed by atoms with Crippen LogP contribution in [-0.4, -0.2) is 63.3 Å². The first-order valence-electron chi connectivity index (χ1n) is 15.6.